The van der Waals surface area contributed by atoms with Gasteiger partial charge in [-0.1, -0.05) is 39.8 Å². The first-order valence-electron chi connectivity index (χ1n) is 12.3. The van der Waals surface area contributed by atoms with E-state index in [9.17, 15) is 19.8 Å². The number of rotatable bonds is 2. The lowest BCUT2D eigenvalue weighted by Crippen LogP contribution is -2.45. The second kappa shape index (κ2) is 10.8. The lowest BCUT2D eigenvalue weighted by molar-refractivity contribution is -0.154. The van der Waals surface area contributed by atoms with Gasteiger partial charge in [-0.15, -0.1) is 11.3 Å². The third-order valence-electron chi connectivity index (χ3n) is 7.52. The molecule has 0 amide bonds. The molecule has 1 aliphatic carbocycles. The van der Waals surface area contributed by atoms with Crippen LogP contribution in [0.1, 0.15) is 71.0 Å². The zero-order chi connectivity index (χ0) is 25.2. The highest BCUT2D eigenvalue weighted by Gasteiger charge is 2.44. The van der Waals surface area contributed by atoms with Crippen molar-refractivity contribution in [1.82, 2.24) is 4.98 Å². The third kappa shape index (κ3) is 6.43. The van der Waals surface area contributed by atoms with E-state index in [1.807, 2.05) is 32.2 Å². The van der Waals surface area contributed by atoms with Gasteiger partial charge in [0.05, 0.1) is 34.7 Å². The SMILES string of the molecule is C/C(=C\c1csc(C)n1)C1C/C=C/C2CC2C[C@@H](C)[C@@H](O)[C@@H](C)C(=O)C(C)(C)[C@@H](O)CC(=O)O1. The Balaban J connectivity index is 1.85. The van der Waals surface area contributed by atoms with Crippen LogP contribution in [0.25, 0.3) is 6.08 Å². The van der Waals surface area contributed by atoms with Crippen LogP contribution in [-0.2, 0) is 14.3 Å². The maximum absolute atomic E-state index is 13.2. The number of cyclic esters (lactones) is 1. The van der Waals surface area contributed by atoms with Crippen molar-refractivity contribution < 1.29 is 24.5 Å². The van der Waals surface area contributed by atoms with Gasteiger partial charge in [0.2, 0.25) is 0 Å². The van der Waals surface area contributed by atoms with Crippen LogP contribution in [0, 0.1) is 36.0 Å². The number of allylic oxidation sites excluding steroid dienone is 1. The standard InChI is InChI=1S/C27H39NO5S/c1-15(11-21-14-34-18(4)28-21)22-9-7-8-19-12-20(19)10-16(2)25(31)17(3)26(32)27(5,6)23(29)13-24(30)33-22/h7-8,11,14,16-17,19-20,22-23,25,29,31H,9-10,12-13H2,1-6H3/b8-7+,15-11+/t16-,17-,19?,20?,22?,23+,25-/m1/s1. The van der Waals surface area contributed by atoms with E-state index in [1.54, 1.807) is 32.1 Å². The van der Waals surface area contributed by atoms with E-state index in [2.05, 4.69) is 17.1 Å². The Labute approximate surface area is 207 Å². The van der Waals surface area contributed by atoms with Gasteiger partial charge in [-0.2, -0.15) is 0 Å². The van der Waals surface area contributed by atoms with E-state index in [1.165, 1.54) is 0 Å². The summed E-state index contributed by atoms with van der Waals surface area (Å²) in [6.45, 7) is 10.8. The number of aromatic nitrogens is 1. The number of fused-ring (bicyclic) bond motifs is 1. The first-order chi connectivity index (χ1) is 15.9. The molecule has 2 N–H and O–H groups in total. The number of carbonyl (C=O) groups excluding carboxylic acids is 2. The molecule has 0 spiro atoms. The molecule has 1 aromatic heterocycles. The smallest absolute Gasteiger partial charge is 0.309 e. The summed E-state index contributed by atoms with van der Waals surface area (Å²) in [6, 6.07) is 0. The number of carbonyl (C=O) groups is 2. The van der Waals surface area contributed by atoms with Gasteiger partial charge in [-0.3, -0.25) is 9.59 Å². The molecule has 34 heavy (non-hydrogen) atoms. The highest BCUT2D eigenvalue weighted by Crippen LogP contribution is 2.45. The summed E-state index contributed by atoms with van der Waals surface area (Å²) >= 11 is 1.57. The monoisotopic (exact) mass is 489 g/mol. The summed E-state index contributed by atoms with van der Waals surface area (Å²) in [5.41, 5.74) is 0.533. The molecule has 1 aliphatic heterocycles. The zero-order valence-corrected chi connectivity index (χ0v) is 22.0. The summed E-state index contributed by atoms with van der Waals surface area (Å²) in [5.74, 6) is -0.493. The van der Waals surface area contributed by atoms with Gasteiger partial charge < -0.3 is 14.9 Å². The molecule has 0 saturated heterocycles. The highest BCUT2D eigenvalue weighted by molar-refractivity contribution is 7.09. The van der Waals surface area contributed by atoms with Crippen molar-refractivity contribution in [2.75, 3.05) is 0 Å². The lowest BCUT2D eigenvalue weighted by Gasteiger charge is -2.34. The number of aliphatic hydroxyl groups excluding tert-OH is 2. The van der Waals surface area contributed by atoms with Crippen LogP contribution in [0.5, 0.6) is 0 Å². The van der Waals surface area contributed by atoms with Crippen molar-refractivity contribution in [1.29, 1.82) is 0 Å². The fourth-order valence-corrected chi connectivity index (χ4v) is 5.46. The molecule has 1 saturated carbocycles. The number of thiazole rings is 1. The first-order valence-corrected chi connectivity index (χ1v) is 13.1. The van der Waals surface area contributed by atoms with E-state index in [4.69, 9.17) is 4.74 Å². The average Bonchev–Trinajstić information content (AvgIpc) is 3.37. The first kappa shape index (κ1) is 26.8. The Morgan fingerprint density at radius 1 is 1.24 bits per heavy atom. The molecule has 3 rings (SSSR count). The Morgan fingerprint density at radius 3 is 2.59 bits per heavy atom. The Hall–Kier alpha value is -1.83. The van der Waals surface area contributed by atoms with Crippen molar-refractivity contribution in [3.8, 4) is 0 Å². The summed E-state index contributed by atoms with van der Waals surface area (Å²) in [4.78, 5) is 30.5. The minimum absolute atomic E-state index is 0.0207. The van der Waals surface area contributed by atoms with Crippen molar-refractivity contribution in [3.63, 3.8) is 0 Å². The zero-order valence-electron chi connectivity index (χ0n) is 21.2. The topological polar surface area (TPSA) is 96.7 Å². The maximum atomic E-state index is 13.2. The summed E-state index contributed by atoms with van der Waals surface area (Å²) < 4.78 is 5.80. The molecule has 2 heterocycles. The Morgan fingerprint density at radius 2 is 1.94 bits per heavy atom. The fourth-order valence-electron chi connectivity index (χ4n) is 4.89. The number of aryl methyl sites for hydroxylation is 1. The summed E-state index contributed by atoms with van der Waals surface area (Å²) in [5, 5.41) is 24.6. The second-order valence-corrected chi connectivity index (χ2v) is 11.8. The Kier molecular flexibility index (Phi) is 8.53. The van der Waals surface area contributed by atoms with Crippen molar-refractivity contribution in [2.24, 2.45) is 29.1 Å². The highest BCUT2D eigenvalue weighted by atomic mass is 32.1. The van der Waals surface area contributed by atoms with Crippen molar-refractivity contribution in [3.05, 3.63) is 33.8 Å². The van der Waals surface area contributed by atoms with Gasteiger partial charge in [-0.25, -0.2) is 4.98 Å². The van der Waals surface area contributed by atoms with E-state index < -0.39 is 35.6 Å². The molecule has 6 nitrogen and oxygen atoms in total. The van der Waals surface area contributed by atoms with Gasteiger partial charge >= 0.3 is 5.97 Å². The molecule has 1 aromatic rings. The number of aliphatic hydroxyl groups is 2. The number of esters is 1. The number of ketones is 1. The molecular weight excluding hydrogens is 450 g/mol. The minimum Gasteiger partial charge on any atom is -0.457 e. The van der Waals surface area contributed by atoms with Gasteiger partial charge in [0, 0.05) is 17.7 Å². The van der Waals surface area contributed by atoms with Gasteiger partial charge in [0.1, 0.15) is 11.9 Å². The Bertz CT molecular complexity index is 949. The van der Waals surface area contributed by atoms with Gasteiger partial charge in [0.15, 0.2) is 0 Å². The minimum atomic E-state index is -1.21. The van der Waals surface area contributed by atoms with Crippen LogP contribution in [-0.4, -0.2) is 45.3 Å². The molecule has 0 aromatic carbocycles. The second-order valence-electron chi connectivity index (χ2n) is 10.8. The number of ether oxygens (including phenoxy) is 1. The summed E-state index contributed by atoms with van der Waals surface area (Å²) in [6.07, 6.45) is 5.91. The molecule has 0 radical (unpaired) electrons. The van der Waals surface area contributed by atoms with Crippen LogP contribution < -0.4 is 0 Å². The van der Waals surface area contributed by atoms with E-state index >= 15 is 0 Å². The fraction of sp³-hybridized carbons (Fsp3) is 0.667. The quantitative estimate of drug-likeness (QED) is 0.460. The van der Waals surface area contributed by atoms with Crippen molar-refractivity contribution >= 4 is 29.2 Å². The molecule has 7 heteroatoms. The number of Topliss-reactive ketones (excluding diaryl/α,β-unsaturated/α-hetero) is 1. The van der Waals surface area contributed by atoms with Crippen molar-refractivity contribution in [2.45, 2.75) is 85.5 Å². The van der Waals surface area contributed by atoms with E-state index in [0.29, 0.717) is 18.3 Å². The summed E-state index contributed by atoms with van der Waals surface area (Å²) in [7, 11) is 0. The molecule has 2 aliphatic rings. The van der Waals surface area contributed by atoms with Crippen LogP contribution in [0.4, 0.5) is 0 Å². The largest absolute Gasteiger partial charge is 0.457 e. The maximum Gasteiger partial charge on any atom is 0.309 e. The number of hydrogen-bond acceptors (Lipinski definition) is 7. The van der Waals surface area contributed by atoms with Gasteiger partial charge in [-0.05, 0) is 56.1 Å². The number of hydrogen-bond donors (Lipinski definition) is 2. The molecule has 7 atom stereocenters. The van der Waals surface area contributed by atoms with Crippen LogP contribution in [0.15, 0.2) is 23.1 Å². The van der Waals surface area contributed by atoms with E-state index in [0.717, 1.165) is 29.1 Å². The predicted molar refractivity (Wildman–Crippen MR) is 134 cm³/mol. The lowest BCUT2D eigenvalue weighted by atomic mass is 9.73. The molecule has 3 unspecified atom stereocenters. The van der Waals surface area contributed by atoms with Crippen LogP contribution >= 0.6 is 11.3 Å². The van der Waals surface area contributed by atoms with Crippen LogP contribution in [0.3, 0.4) is 0 Å². The average molecular weight is 490 g/mol. The molecule has 188 valence electrons. The molecule has 1 fully saturated rings. The third-order valence-corrected chi connectivity index (χ3v) is 8.31. The van der Waals surface area contributed by atoms with Gasteiger partial charge in [0.25, 0.3) is 0 Å². The molecular formula is C27H39NO5S. The number of nitrogens with zero attached hydrogens (tertiary/aromatic N) is 1. The predicted octanol–water partition coefficient (Wildman–Crippen LogP) is 4.73. The van der Waals surface area contributed by atoms with Crippen LogP contribution in [0.2, 0.25) is 0 Å². The normalized spacial score (nSPS) is 36.5. The molecule has 0 bridgehead atoms. The van der Waals surface area contributed by atoms with E-state index in [-0.39, 0.29) is 18.1 Å².